The lowest BCUT2D eigenvalue weighted by Gasteiger charge is -2.06. The summed E-state index contributed by atoms with van der Waals surface area (Å²) in [6.45, 7) is -0.664. The van der Waals surface area contributed by atoms with Crippen LogP contribution in [0.1, 0.15) is 5.56 Å². The number of carbonyl (C=O) groups is 3. The molecule has 2 N–H and O–H groups in total. The summed E-state index contributed by atoms with van der Waals surface area (Å²) in [7, 11) is 0. The van der Waals surface area contributed by atoms with Crippen molar-refractivity contribution in [1.29, 1.82) is 0 Å². The van der Waals surface area contributed by atoms with Gasteiger partial charge in [0, 0.05) is 5.02 Å². The number of nitrogens with one attached hydrogen (secondary N) is 1. The summed E-state index contributed by atoms with van der Waals surface area (Å²) in [6, 6.07) is 5.89. The van der Waals surface area contributed by atoms with Crippen LogP contribution in [0, 0.1) is 0 Å². The molecule has 0 atom stereocenters. The monoisotopic (exact) mass is 280 g/mol. The molecule has 98 valence electrons. The summed E-state index contributed by atoms with van der Waals surface area (Å²) in [5, 5.41) is 11.5. The van der Waals surface area contributed by atoms with E-state index in [0.29, 0.717) is 15.5 Å². The highest BCUT2D eigenvalue weighted by Gasteiger charge is 2.34. The number of carboxylic acid groups (broad SMARTS) is 1. The maximum Gasteiger partial charge on any atom is 0.329 e. The van der Waals surface area contributed by atoms with Gasteiger partial charge in [0.2, 0.25) is 0 Å². The average Bonchev–Trinajstić information content (AvgIpc) is 2.60. The molecule has 0 unspecified atom stereocenters. The van der Waals surface area contributed by atoms with E-state index >= 15 is 0 Å². The normalized spacial score (nSPS) is 16.9. The fraction of sp³-hybridized carbons (Fsp3) is 0.0833. The van der Waals surface area contributed by atoms with Crippen molar-refractivity contribution >= 4 is 35.6 Å². The Hall–Kier alpha value is -2.34. The van der Waals surface area contributed by atoms with Crippen LogP contribution in [0.3, 0.4) is 0 Å². The molecule has 0 bridgehead atoms. The first-order valence-corrected chi connectivity index (χ1v) is 5.67. The highest BCUT2D eigenvalue weighted by molar-refractivity contribution is 6.30. The molecule has 0 aliphatic carbocycles. The molecule has 0 spiro atoms. The number of carbonyl (C=O) groups excluding carboxylic acids is 2. The number of nitrogens with zero attached hydrogens (tertiary/aromatic N) is 1. The van der Waals surface area contributed by atoms with Gasteiger partial charge in [0.05, 0.1) is 0 Å². The molecule has 1 fully saturated rings. The largest absolute Gasteiger partial charge is 0.480 e. The second-order valence-electron chi connectivity index (χ2n) is 3.82. The summed E-state index contributed by atoms with van der Waals surface area (Å²) in [6.07, 6.45) is 1.46. The molecular weight excluding hydrogens is 272 g/mol. The van der Waals surface area contributed by atoms with E-state index in [2.05, 4.69) is 5.32 Å². The van der Waals surface area contributed by atoms with Gasteiger partial charge >= 0.3 is 12.0 Å². The minimum atomic E-state index is -1.25. The summed E-state index contributed by atoms with van der Waals surface area (Å²) in [5.74, 6) is -1.92. The van der Waals surface area contributed by atoms with Crippen molar-refractivity contribution in [2.75, 3.05) is 6.54 Å². The number of imide groups is 1. The third-order valence-electron chi connectivity index (χ3n) is 2.44. The van der Waals surface area contributed by atoms with E-state index in [0.717, 1.165) is 0 Å². The second kappa shape index (κ2) is 5.11. The van der Waals surface area contributed by atoms with E-state index in [1.165, 1.54) is 6.08 Å². The van der Waals surface area contributed by atoms with Crippen LogP contribution in [-0.4, -0.2) is 34.5 Å². The summed E-state index contributed by atoms with van der Waals surface area (Å²) in [4.78, 5) is 34.4. The molecule has 1 saturated heterocycles. The lowest BCUT2D eigenvalue weighted by Crippen LogP contribution is -2.35. The Morgan fingerprint density at radius 1 is 1.32 bits per heavy atom. The van der Waals surface area contributed by atoms with E-state index in [1.54, 1.807) is 24.3 Å². The topological polar surface area (TPSA) is 86.7 Å². The number of hydrogen-bond donors (Lipinski definition) is 2. The molecule has 1 aliphatic heterocycles. The molecule has 0 saturated carbocycles. The molecule has 0 radical (unpaired) electrons. The third-order valence-corrected chi connectivity index (χ3v) is 2.69. The van der Waals surface area contributed by atoms with Crippen LogP contribution in [0.5, 0.6) is 0 Å². The van der Waals surface area contributed by atoms with Crippen LogP contribution in [-0.2, 0) is 9.59 Å². The number of urea groups is 1. The van der Waals surface area contributed by atoms with Gasteiger partial charge in [-0.05, 0) is 23.8 Å². The molecule has 1 aliphatic rings. The fourth-order valence-electron chi connectivity index (χ4n) is 1.58. The van der Waals surface area contributed by atoms with Crippen LogP contribution >= 0.6 is 11.6 Å². The van der Waals surface area contributed by atoms with Crippen LogP contribution in [0.2, 0.25) is 5.02 Å². The molecule has 19 heavy (non-hydrogen) atoms. The molecule has 2 rings (SSSR count). The van der Waals surface area contributed by atoms with E-state index < -0.39 is 24.5 Å². The zero-order chi connectivity index (χ0) is 14.0. The van der Waals surface area contributed by atoms with E-state index in [1.807, 2.05) is 0 Å². The Balaban J connectivity index is 2.23. The first kappa shape index (κ1) is 13.1. The number of aliphatic carboxylic acids is 1. The third kappa shape index (κ3) is 2.92. The van der Waals surface area contributed by atoms with Crippen LogP contribution < -0.4 is 5.32 Å². The van der Waals surface area contributed by atoms with Gasteiger partial charge in [-0.25, -0.2) is 9.69 Å². The van der Waals surface area contributed by atoms with Gasteiger partial charge in [-0.2, -0.15) is 0 Å². The van der Waals surface area contributed by atoms with Crippen molar-refractivity contribution in [3.05, 3.63) is 40.5 Å². The minimum absolute atomic E-state index is 0.0357. The zero-order valence-electron chi connectivity index (χ0n) is 9.59. The SMILES string of the molecule is O=C(O)CN1C(=O)N/C(=C/c2ccc(Cl)cc2)C1=O. The maximum atomic E-state index is 11.8. The molecular formula is C12H9ClN2O4. The van der Waals surface area contributed by atoms with Gasteiger partial charge in [-0.1, -0.05) is 23.7 Å². The van der Waals surface area contributed by atoms with Crippen LogP contribution in [0.4, 0.5) is 4.79 Å². The Kier molecular flexibility index (Phi) is 3.52. The van der Waals surface area contributed by atoms with Crippen molar-refractivity contribution < 1.29 is 19.5 Å². The van der Waals surface area contributed by atoms with Crippen LogP contribution in [0.15, 0.2) is 30.0 Å². The van der Waals surface area contributed by atoms with Crippen molar-refractivity contribution in [1.82, 2.24) is 10.2 Å². The fourth-order valence-corrected chi connectivity index (χ4v) is 1.70. The van der Waals surface area contributed by atoms with Crippen LogP contribution in [0.25, 0.3) is 6.08 Å². The molecule has 0 aromatic heterocycles. The zero-order valence-corrected chi connectivity index (χ0v) is 10.3. The van der Waals surface area contributed by atoms with E-state index in [-0.39, 0.29) is 5.70 Å². The van der Waals surface area contributed by atoms with Gasteiger partial charge < -0.3 is 10.4 Å². The van der Waals surface area contributed by atoms with Gasteiger partial charge in [0.15, 0.2) is 0 Å². The maximum absolute atomic E-state index is 11.8. The molecule has 6 nitrogen and oxygen atoms in total. The van der Waals surface area contributed by atoms with Gasteiger partial charge in [0.25, 0.3) is 5.91 Å². The number of halogens is 1. The number of hydrogen-bond acceptors (Lipinski definition) is 3. The van der Waals surface area contributed by atoms with E-state index in [4.69, 9.17) is 16.7 Å². The van der Waals surface area contributed by atoms with Gasteiger partial charge in [0.1, 0.15) is 12.2 Å². The van der Waals surface area contributed by atoms with Crippen molar-refractivity contribution in [2.24, 2.45) is 0 Å². The Bertz CT molecular complexity index is 580. The van der Waals surface area contributed by atoms with E-state index in [9.17, 15) is 14.4 Å². The number of benzene rings is 1. The highest BCUT2D eigenvalue weighted by atomic mass is 35.5. The summed E-state index contributed by atoms with van der Waals surface area (Å²) in [5.41, 5.74) is 0.707. The standard InChI is InChI=1S/C12H9ClN2O4/c13-8-3-1-7(2-4-8)5-9-11(18)15(6-10(16)17)12(19)14-9/h1-5H,6H2,(H,14,19)(H,16,17)/b9-5+. The first-order chi connectivity index (χ1) is 8.97. The minimum Gasteiger partial charge on any atom is -0.480 e. The Morgan fingerprint density at radius 2 is 1.95 bits per heavy atom. The highest BCUT2D eigenvalue weighted by Crippen LogP contribution is 2.15. The van der Waals surface area contributed by atoms with Crippen molar-refractivity contribution in [3.63, 3.8) is 0 Å². The molecule has 7 heteroatoms. The summed E-state index contributed by atoms with van der Waals surface area (Å²) >= 11 is 5.73. The smallest absolute Gasteiger partial charge is 0.329 e. The number of amides is 3. The van der Waals surface area contributed by atoms with Crippen molar-refractivity contribution in [2.45, 2.75) is 0 Å². The van der Waals surface area contributed by atoms with Gasteiger partial charge in [-0.15, -0.1) is 0 Å². The molecule has 1 aromatic rings. The second-order valence-corrected chi connectivity index (χ2v) is 4.26. The predicted molar refractivity (Wildman–Crippen MR) is 67.3 cm³/mol. The number of carboxylic acids is 1. The lowest BCUT2D eigenvalue weighted by molar-refractivity contribution is -0.140. The Morgan fingerprint density at radius 3 is 2.53 bits per heavy atom. The number of rotatable bonds is 3. The van der Waals surface area contributed by atoms with Gasteiger partial charge in [-0.3, -0.25) is 9.59 Å². The quantitative estimate of drug-likeness (QED) is 0.646. The Labute approximate surface area is 113 Å². The molecule has 1 heterocycles. The first-order valence-electron chi connectivity index (χ1n) is 5.29. The predicted octanol–water partition coefficient (Wildman–Crippen LogP) is 1.32. The van der Waals surface area contributed by atoms with Crippen molar-refractivity contribution in [3.8, 4) is 0 Å². The molecule has 3 amide bonds. The average molecular weight is 281 g/mol. The molecule has 1 aromatic carbocycles. The lowest BCUT2D eigenvalue weighted by atomic mass is 10.2. The summed E-state index contributed by atoms with van der Waals surface area (Å²) < 4.78 is 0.